The van der Waals surface area contributed by atoms with E-state index in [1.165, 1.54) is 16.4 Å². The summed E-state index contributed by atoms with van der Waals surface area (Å²) in [5.74, 6) is 0.600. The SMILES string of the molecule is CN(Cc1cccs1)c1cc(N)ns1. The zero-order valence-electron chi connectivity index (χ0n) is 7.80. The number of rotatable bonds is 3. The molecule has 0 aromatic carbocycles. The molecule has 0 radical (unpaired) electrons. The van der Waals surface area contributed by atoms with Crippen LogP contribution in [0, 0.1) is 0 Å². The Kier molecular flexibility index (Phi) is 2.69. The second kappa shape index (κ2) is 3.98. The molecule has 0 atom stereocenters. The Balaban J connectivity index is 2.06. The highest BCUT2D eigenvalue weighted by Crippen LogP contribution is 2.24. The number of aromatic nitrogens is 1. The maximum absolute atomic E-state index is 5.57. The topological polar surface area (TPSA) is 42.1 Å². The molecule has 2 N–H and O–H groups in total. The monoisotopic (exact) mass is 225 g/mol. The lowest BCUT2D eigenvalue weighted by Gasteiger charge is -2.14. The van der Waals surface area contributed by atoms with E-state index in [4.69, 9.17) is 5.73 Å². The van der Waals surface area contributed by atoms with Crippen molar-refractivity contribution < 1.29 is 0 Å². The van der Waals surface area contributed by atoms with Crippen molar-refractivity contribution in [1.82, 2.24) is 4.37 Å². The van der Waals surface area contributed by atoms with Crippen molar-refractivity contribution >= 4 is 33.7 Å². The van der Waals surface area contributed by atoms with Crippen molar-refractivity contribution in [2.24, 2.45) is 0 Å². The van der Waals surface area contributed by atoms with Gasteiger partial charge in [-0.2, -0.15) is 4.37 Å². The lowest BCUT2D eigenvalue weighted by atomic mass is 10.4. The van der Waals surface area contributed by atoms with Crippen LogP contribution in [0.3, 0.4) is 0 Å². The molecule has 2 rings (SSSR count). The van der Waals surface area contributed by atoms with Gasteiger partial charge >= 0.3 is 0 Å². The molecule has 0 amide bonds. The van der Waals surface area contributed by atoms with Crippen molar-refractivity contribution in [2.75, 3.05) is 17.7 Å². The van der Waals surface area contributed by atoms with E-state index >= 15 is 0 Å². The Morgan fingerprint density at radius 2 is 2.43 bits per heavy atom. The van der Waals surface area contributed by atoms with Gasteiger partial charge in [-0.15, -0.1) is 11.3 Å². The predicted octanol–water partition coefficient (Wildman–Crippen LogP) is 2.42. The van der Waals surface area contributed by atoms with Crippen LogP contribution in [0.25, 0.3) is 0 Å². The summed E-state index contributed by atoms with van der Waals surface area (Å²) in [6.45, 7) is 0.916. The number of thiophene rings is 1. The lowest BCUT2D eigenvalue weighted by molar-refractivity contribution is 0.953. The molecule has 74 valence electrons. The van der Waals surface area contributed by atoms with Crippen LogP contribution in [-0.2, 0) is 6.54 Å². The van der Waals surface area contributed by atoms with Crippen molar-refractivity contribution in [3.8, 4) is 0 Å². The third kappa shape index (κ3) is 2.05. The van der Waals surface area contributed by atoms with E-state index in [0.717, 1.165) is 11.5 Å². The molecule has 3 nitrogen and oxygen atoms in total. The first-order valence-electron chi connectivity index (χ1n) is 4.21. The van der Waals surface area contributed by atoms with Crippen LogP contribution < -0.4 is 10.6 Å². The summed E-state index contributed by atoms with van der Waals surface area (Å²) >= 11 is 3.20. The van der Waals surface area contributed by atoms with Crippen LogP contribution in [0.15, 0.2) is 23.6 Å². The molecule has 2 heterocycles. The fraction of sp³-hybridized carbons (Fsp3) is 0.222. The Bertz CT molecular complexity index is 394. The largest absolute Gasteiger partial charge is 0.383 e. The Morgan fingerprint density at radius 1 is 1.57 bits per heavy atom. The van der Waals surface area contributed by atoms with Gasteiger partial charge in [-0.1, -0.05) is 6.07 Å². The summed E-state index contributed by atoms with van der Waals surface area (Å²) in [5.41, 5.74) is 5.57. The highest BCUT2D eigenvalue weighted by Gasteiger charge is 2.05. The molecule has 2 aromatic heterocycles. The molecule has 0 aliphatic carbocycles. The predicted molar refractivity (Wildman–Crippen MR) is 63.0 cm³/mol. The Labute approximate surface area is 91.0 Å². The fourth-order valence-electron chi connectivity index (χ4n) is 1.17. The van der Waals surface area contributed by atoms with Gasteiger partial charge in [0.25, 0.3) is 0 Å². The quantitative estimate of drug-likeness (QED) is 0.872. The normalized spacial score (nSPS) is 10.4. The number of hydrogen-bond donors (Lipinski definition) is 1. The first-order chi connectivity index (χ1) is 6.75. The third-order valence-electron chi connectivity index (χ3n) is 1.87. The molecule has 14 heavy (non-hydrogen) atoms. The highest BCUT2D eigenvalue weighted by molar-refractivity contribution is 7.10. The van der Waals surface area contributed by atoms with E-state index in [0.29, 0.717) is 5.82 Å². The third-order valence-corrected chi connectivity index (χ3v) is 3.65. The second-order valence-electron chi connectivity index (χ2n) is 3.03. The number of nitrogens with zero attached hydrogens (tertiary/aromatic N) is 2. The Hall–Kier alpha value is -1.07. The average Bonchev–Trinajstić information content (AvgIpc) is 2.75. The molecule has 2 aromatic rings. The van der Waals surface area contributed by atoms with Crippen LogP contribution in [-0.4, -0.2) is 11.4 Å². The van der Waals surface area contributed by atoms with Gasteiger partial charge in [0.2, 0.25) is 0 Å². The standard InChI is InChI=1S/C9H11N3S2/c1-12(6-7-3-2-4-13-7)9-5-8(10)11-14-9/h2-5H,6H2,1H3,(H2,10,11). The van der Waals surface area contributed by atoms with Crippen molar-refractivity contribution in [1.29, 1.82) is 0 Å². The molecule has 0 bridgehead atoms. The minimum atomic E-state index is 0.600. The number of anilines is 2. The van der Waals surface area contributed by atoms with Crippen LogP contribution in [0.4, 0.5) is 10.8 Å². The minimum Gasteiger partial charge on any atom is -0.383 e. The van der Waals surface area contributed by atoms with Gasteiger partial charge in [0.05, 0.1) is 6.54 Å². The maximum atomic E-state index is 5.57. The number of nitrogen functional groups attached to an aromatic ring is 1. The molecule has 0 aliphatic rings. The van der Waals surface area contributed by atoms with Gasteiger partial charge in [-0.3, -0.25) is 0 Å². The average molecular weight is 225 g/mol. The van der Waals surface area contributed by atoms with E-state index in [2.05, 4.69) is 26.8 Å². The molecule has 0 saturated carbocycles. The Morgan fingerprint density at radius 3 is 3.00 bits per heavy atom. The second-order valence-corrected chi connectivity index (χ2v) is 4.84. The number of hydrogen-bond acceptors (Lipinski definition) is 5. The van der Waals surface area contributed by atoms with Gasteiger partial charge in [0.15, 0.2) is 0 Å². The van der Waals surface area contributed by atoms with Gasteiger partial charge in [-0.25, -0.2) is 0 Å². The van der Waals surface area contributed by atoms with Crippen LogP contribution in [0.2, 0.25) is 0 Å². The fourth-order valence-corrected chi connectivity index (χ4v) is 2.56. The van der Waals surface area contributed by atoms with Crippen molar-refractivity contribution in [3.05, 3.63) is 28.5 Å². The van der Waals surface area contributed by atoms with Crippen LogP contribution >= 0.6 is 22.9 Å². The molecule has 0 aliphatic heterocycles. The van der Waals surface area contributed by atoms with Crippen molar-refractivity contribution in [3.63, 3.8) is 0 Å². The summed E-state index contributed by atoms with van der Waals surface area (Å²) in [4.78, 5) is 3.50. The van der Waals surface area contributed by atoms with Gasteiger partial charge in [-0.05, 0) is 23.0 Å². The molecular weight excluding hydrogens is 214 g/mol. The smallest absolute Gasteiger partial charge is 0.139 e. The molecule has 0 spiro atoms. The summed E-state index contributed by atoms with van der Waals surface area (Å²) in [6.07, 6.45) is 0. The first kappa shape index (κ1) is 9.48. The number of nitrogens with two attached hydrogens (primary N) is 1. The highest BCUT2D eigenvalue weighted by atomic mass is 32.1. The summed E-state index contributed by atoms with van der Waals surface area (Å²) < 4.78 is 4.05. The van der Waals surface area contributed by atoms with Gasteiger partial charge in [0, 0.05) is 18.0 Å². The molecule has 5 heteroatoms. The van der Waals surface area contributed by atoms with E-state index in [9.17, 15) is 0 Å². The van der Waals surface area contributed by atoms with E-state index in [1.54, 1.807) is 11.3 Å². The molecule has 0 fully saturated rings. The van der Waals surface area contributed by atoms with E-state index in [1.807, 2.05) is 13.1 Å². The van der Waals surface area contributed by atoms with E-state index in [-0.39, 0.29) is 0 Å². The van der Waals surface area contributed by atoms with E-state index < -0.39 is 0 Å². The minimum absolute atomic E-state index is 0.600. The maximum Gasteiger partial charge on any atom is 0.139 e. The van der Waals surface area contributed by atoms with Crippen LogP contribution in [0.5, 0.6) is 0 Å². The lowest BCUT2D eigenvalue weighted by Crippen LogP contribution is -2.13. The van der Waals surface area contributed by atoms with Gasteiger partial charge in [0.1, 0.15) is 10.8 Å². The van der Waals surface area contributed by atoms with Crippen molar-refractivity contribution in [2.45, 2.75) is 6.54 Å². The summed E-state index contributed by atoms with van der Waals surface area (Å²) in [5, 5.41) is 3.19. The summed E-state index contributed by atoms with van der Waals surface area (Å²) in [7, 11) is 2.05. The first-order valence-corrected chi connectivity index (χ1v) is 5.87. The molecule has 0 saturated heterocycles. The molecule has 0 unspecified atom stereocenters. The summed E-state index contributed by atoms with van der Waals surface area (Å²) in [6, 6.07) is 6.10. The van der Waals surface area contributed by atoms with Crippen LogP contribution in [0.1, 0.15) is 4.88 Å². The van der Waals surface area contributed by atoms with Gasteiger partial charge < -0.3 is 10.6 Å². The molecular formula is C9H11N3S2. The zero-order chi connectivity index (χ0) is 9.97. The zero-order valence-corrected chi connectivity index (χ0v) is 9.44.